The molecule has 0 fully saturated rings. The summed E-state index contributed by atoms with van der Waals surface area (Å²) in [6, 6.07) is 5.14. The summed E-state index contributed by atoms with van der Waals surface area (Å²) >= 11 is 0. The number of nitrogens with one attached hydrogen (secondary N) is 2. The summed E-state index contributed by atoms with van der Waals surface area (Å²) in [5, 5.41) is 12.5. The van der Waals surface area contributed by atoms with Gasteiger partial charge in [-0.2, -0.15) is 5.10 Å². The van der Waals surface area contributed by atoms with Crippen LogP contribution in [0.25, 0.3) is 11.3 Å². The van der Waals surface area contributed by atoms with Crippen molar-refractivity contribution in [2.45, 2.75) is 13.5 Å². The first-order valence-electron chi connectivity index (χ1n) is 6.74. The third-order valence-corrected chi connectivity index (χ3v) is 3.20. The molecule has 1 aromatic carbocycles. The fraction of sp³-hybridized carbons (Fsp3) is 0.133. The van der Waals surface area contributed by atoms with Crippen LogP contribution in [0.15, 0.2) is 35.0 Å². The minimum Gasteiger partial charge on any atom is -0.361 e. The van der Waals surface area contributed by atoms with Crippen LogP contribution in [0.4, 0.5) is 8.78 Å². The molecule has 8 heteroatoms. The van der Waals surface area contributed by atoms with Gasteiger partial charge in [0.1, 0.15) is 23.1 Å². The van der Waals surface area contributed by atoms with Crippen LogP contribution in [0.1, 0.15) is 21.8 Å². The molecule has 0 aliphatic carbocycles. The summed E-state index contributed by atoms with van der Waals surface area (Å²) < 4.78 is 32.6. The van der Waals surface area contributed by atoms with Crippen molar-refractivity contribution in [3.63, 3.8) is 0 Å². The lowest BCUT2D eigenvalue weighted by molar-refractivity contribution is 0.0951. The lowest BCUT2D eigenvalue weighted by Gasteiger charge is -2.06. The maximum atomic E-state index is 13.9. The molecule has 0 unspecified atom stereocenters. The first-order chi connectivity index (χ1) is 11.1. The summed E-state index contributed by atoms with van der Waals surface area (Å²) in [4.78, 5) is 12.2. The number of carbonyl (C=O) groups is 1. The average Bonchev–Trinajstić information content (AvgIpc) is 3.14. The highest BCUT2D eigenvalue weighted by molar-refractivity contribution is 5.99. The molecule has 23 heavy (non-hydrogen) atoms. The molecule has 0 radical (unpaired) electrons. The molecule has 2 heterocycles. The maximum Gasteiger partial charge on any atom is 0.255 e. The molecule has 3 rings (SSSR count). The number of H-pyrrole nitrogens is 1. The number of nitrogens with zero attached hydrogens (tertiary/aromatic N) is 2. The molecular weight excluding hydrogens is 306 g/mol. The summed E-state index contributed by atoms with van der Waals surface area (Å²) in [5.74, 6) is -1.48. The van der Waals surface area contributed by atoms with Crippen molar-refractivity contribution < 1.29 is 18.1 Å². The second-order valence-electron chi connectivity index (χ2n) is 4.87. The van der Waals surface area contributed by atoms with Gasteiger partial charge in [-0.1, -0.05) is 11.2 Å². The molecule has 0 saturated heterocycles. The molecule has 118 valence electrons. The van der Waals surface area contributed by atoms with E-state index in [1.54, 1.807) is 13.0 Å². The number of aromatic nitrogens is 3. The smallest absolute Gasteiger partial charge is 0.255 e. The number of hydrogen-bond donors (Lipinski definition) is 2. The van der Waals surface area contributed by atoms with E-state index in [9.17, 15) is 13.6 Å². The lowest BCUT2D eigenvalue weighted by atomic mass is 10.1. The molecule has 0 aliphatic heterocycles. The van der Waals surface area contributed by atoms with Crippen molar-refractivity contribution in [2.24, 2.45) is 0 Å². The Kier molecular flexibility index (Phi) is 3.88. The summed E-state index contributed by atoms with van der Waals surface area (Å²) in [6.07, 6.45) is 1.21. The zero-order chi connectivity index (χ0) is 16.4. The van der Waals surface area contributed by atoms with E-state index in [1.807, 2.05) is 0 Å². The van der Waals surface area contributed by atoms with Crippen molar-refractivity contribution >= 4 is 5.91 Å². The molecule has 3 aromatic rings. The van der Waals surface area contributed by atoms with Crippen molar-refractivity contribution in [3.05, 3.63) is 59.1 Å². The molecule has 2 N–H and O–H groups in total. The number of aromatic amines is 1. The molecule has 6 nitrogen and oxygen atoms in total. The summed E-state index contributed by atoms with van der Waals surface area (Å²) in [7, 11) is 0. The van der Waals surface area contributed by atoms with E-state index < -0.39 is 17.5 Å². The van der Waals surface area contributed by atoms with E-state index in [2.05, 4.69) is 20.7 Å². The molecule has 0 aliphatic rings. The van der Waals surface area contributed by atoms with Crippen molar-refractivity contribution in [2.75, 3.05) is 0 Å². The predicted octanol–water partition coefficient (Wildman–Crippen LogP) is 2.58. The Balaban J connectivity index is 1.84. The Labute approximate surface area is 129 Å². The van der Waals surface area contributed by atoms with E-state index in [-0.39, 0.29) is 23.4 Å². The third-order valence-electron chi connectivity index (χ3n) is 3.20. The zero-order valence-corrected chi connectivity index (χ0v) is 12.1. The van der Waals surface area contributed by atoms with Crippen LogP contribution in [0, 0.1) is 18.6 Å². The van der Waals surface area contributed by atoms with Crippen LogP contribution in [0.2, 0.25) is 0 Å². The second-order valence-corrected chi connectivity index (χ2v) is 4.87. The number of hydrogen-bond acceptors (Lipinski definition) is 4. The van der Waals surface area contributed by atoms with Crippen molar-refractivity contribution in [1.29, 1.82) is 0 Å². The Morgan fingerprint density at radius 2 is 2.09 bits per heavy atom. The third kappa shape index (κ3) is 2.96. The molecule has 0 saturated carbocycles. The van der Waals surface area contributed by atoms with Crippen LogP contribution >= 0.6 is 0 Å². The Morgan fingerprint density at radius 3 is 2.74 bits per heavy atom. The Bertz CT molecular complexity index is 837. The quantitative estimate of drug-likeness (QED) is 0.774. The van der Waals surface area contributed by atoms with Gasteiger partial charge in [-0.05, 0) is 19.1 Å². The maximum absolute atomic E-state index is 13.9. The Morgan fingerprint density at radius 1 is 1.35 bits per heavy atom. The molecule has 1 amide bonds. The molecular formula is C15H12F2N4O2. The van der Waals surface area contributed by atoms with Crippen molar-refractivity contribution in [3.8, 4) is 11.3 Å². The number of benzene rings is 1. The fourth-order valence-corrected chi connectivity index (χ4v) is 2.15. The van der Waals surface area contributed by atoms with E-state index >= 15 is 0 Å². The Hall–Kier alpha value is -3.03. The highest BCUT2D eigenvalue weighted by Crippen LogP contribution is 2.27. The molecule has 0 spiro atoms. The summed E-state index contributed by atoms with van der Waals surface area (Å²) in [5.41, 5.74) is 0.231. The fourth-order valence-electron chi connectivity index (χ4n) is 2.15. The topological polar surface area (TPSA) is 83.8 Å². The normalized spacial score (nSPS) is 10.7. The van der Waals surface area contributed by atoms with Gasteiger partial charge in [0.05, 0.1) is 29.6 Å². The standard InChI is InChI=1S/C15H12F2N4O2/c1-8-5-9(21-23-8)6-18-15(22)10-7-19-20-14(10)13-11(16)3-2-4-12(13)17/h2-5,7H,6H2,1H3,(H,18,22)(H,19,20). The van der Waals surface area contributed by atoms with Gasteiger partial charge >= 0.3 is 0 Å². The van der Waals surface area contributed by atoms with Gasteiger partial charge in [0, 0.05) is 6.07 Å². The van der Waals surface area contributed by atoms with Crippen LogP contribution < -0.4 is 5.32 Å². The first kappa shape index (κ1) is 14.9. The number of carbonyl (C=O) groups excluding carboxylic acids is 1. The minimum atomic E-state index is -0.782. The van der Waals surface area contributed by atoms with Gasteiger partial charge in [-0.15, -0.1) is 0 Å². The van der Waals surface area contributed by atoms with E-state index in [1.165, 1.54) is 12.3 Å². The van der Waals surface area contributed by atoms with Gasteiger partial charge in [-0.3, -0.25) is 9.89 Å². The summed E-state index contributed by atoms with van der Waals surface area (Å²) in [6.45, 7) is 1.86. The van der Waals surface area contributed by atoms with Gasteiger partial charge in [-0.25, -0.2) is 8.78 Å². The first-order valence-corrected chi connectivity index (χ1v) is 6.74. The number of amides is 1. The minimum absolute atomic E-state index is 0.0190. The van der Waals surface area contributed by atoms with Crippen LogP contribution in [0.5, 0.6) is 0 Å². The van der Waals surface area contributed by atoms with Gasteiger partial charge < -0.3 is 9.84 Å². The zero-order valence-electron chi connectivity index (χ0n) is 12.1. The van der Waals surface area contributed by atoms with Gasteiger partial charge in [0.2, 0.25) is 0 Å². The number of halogens is 2. The molecule has 2 aromatic heterocycles. The van der Waals surface area contributed by atoms with Gasteiger partial charge in [0.15, 0.2) is 0 Å². The van der Waals surface area contributed by atoms with E-state index in [0.29, 0.717) is 11.5 Å². The van der Waals surface area contributed by atoms with Crippen molar-refractivity contribution in [1.82, 2.24) is 20.7 Å². The molecule has 0 atom stereocenters. The largest absolute Gasteiger partial charge is 0.361 e. The van der Waals surface area contributed by atoms with Crippen LogP contribution in [0.3, 0.4) is 0 Å². The van der Waals surface area contributed by atoms with Gasteiger partial charge in [0.25, 0.3) is 5.91 Å². The van der Waals surface area contributed by atoms with E-state index in [0.717, 1.165) is 12.1 Å². The van der Waals surface area contributed by atoms with Crippen LogP contribution in [-0.2, 0) is 6.54 Å². The highest BCUT2D eigenvalue weighted by atomic mass is 19.1. The predicted molar refractivity (Wildman–Crippen MR) is 76.3 cm³/mol. The SMILES string of the molecule is Cc1cc(CNC(=O)c2cn[nH]c2-c2c(F)cccc2F)no1. The number of aryl methyl sites for hydroxylation is 1. The number of rotatable bonds is 4. The monoisotopic (exact) mass is 318 g/mol. The highest BCUT2D eigenvalue weighted by Gasteiger charge is 2.21. The molecule has 0 bridgehead atoms. The lowest BCUT2D eigenvalue weighted by Crippen LogP contribution is -2.23. The average molecular weight is 318 g/mol. The van der Waals surface area contributed by atoms with Crippen LogP contribution in [-0.4, -0.2) is 21.3 Å². The van der Waals surface area contributed by atoms with E-state index in [4.69, 9.17) is 4.52 Å². The second kappa shape index (κ2) is 5.99.